The summed E-state index contributed by atoms with van der Waals surface area (Å²) >= 11 is 0. The summed E-state index contributed by atoms with van der Waals surface area (Å²) in [7, 11) is -3.52. The first-order valence-electron chi connectivity index (χ1n) is 9.04. The van der Waals surface area contributed by atoms with Crippen LogP contribution in [0.4, 0.5) is 0 Å². The summed E-state index contributed by atoms with van der Waals surface area (Å²) in [6, 6.07) is 9.77. The number of carbonyl (C=O) groups excluding carboxylic acids is 1. The normalized spacial score (nSPS) is 15.3. The molecular formula is C19H23NO7S. The van der Waals surface area contributed by atoms with Crippen LogP contribution in [-0.4, -0.2) is 58.2 Å². The monoisotopic (exact) mass is 409 g/mol. The van der Waals surface area contributed by atoms with Crippen LogP contribution < -0.4 is 4.74 Å². The van der Waals surface area contributed by atoms with Gasteiger partial charge in [-0.1, -0.05) is 0 Å². The largest absolute Gasteiger partial charge is 0.490 e. The Labute approximate surface area is 164 Å². The zero-order valence-corrected chi connectivity index (χ0v) is 16.2. The van der Waals surface area contributed by atoms with E-state index >= 15 is 0 Å². The highest BCUT2D eigenvalue weighted by Crippen LogP contribution is 2.20. The van der Waals surface area contributed by atoms with E-state index in [1.54, 1.807) is 30.5 Å². The third kappa shape index (κ3) is 5.57. The molecule has 0 bridgehead atoms. The fourth-order valence-corrected chi connectivity index (χ4v) is 4.12. The van der Waals surface area contributed by atoms with Crippen LogP contribution >= 0.6 is 0 Å². The van der Waals surface area contributed by atoms with Gasteiger partial charge in [-0.05, 0) is 36.4 Å². The van der Waals surface area contributed by atoms with Crippen molar-refractivity contribution in [3.05, 3.63) is 48.4 Å². The van der Waals surface area contributed by atoms with E-state index in [9.17, 15) is 13.2 Å². The quantitative estimate of drug-likeness (QED) is 0.461. The molecule has 1 aliphatic rings. The number of morpholine rings is 1. The molecule has 9 heteroatoms. The van der Waals surface area contributed by atoms with Crippen LogP contribution in [0.3, 0.4) is 0 Å². The smallest absolute Gasteiger partial charge is 0.306 e. The van der Waals surface area contributed by atoms with E-state index in [-0.39, 0.29) is 30.5 Å². The van der Waals surface area contributed by atoms with Crippen molar-refractivity contribution in [1.29, 1.82) is 0 Å². The molecular weight excluding hydrogens is 386 g/mol. The van der Waals surface area contributed by atoms with E-state index in [4.69, 9.17) is 18.6 Å². The van der Waals surface area contributed by atoms with Crippen molar-refractivity contribution < 1.29 is 31.8 Å². The molecule has 1 aromatic heterocycles. The van der Waals surface area contributed by atoms with E-state index in [2.05, 4.69) is 0 Å². The fraction of sp³-hybridized carbons (Fsp3) is 0.421. The molecule has 0 radical (unpaired) electrons. The lowest BCUT2D eigenvalue weighted by Crippen LogP contribution is -2.40. The van der Waals surface area contributed by atoms with Crippen LogP contribution in [-0.2, 0) is 30.7 Å². The van der Waals surface area contributed by atoms with Crippen molar-refractivity contribution in [3.8, 4) is 5.75 Å². The Bertz CT molecular complexity index is 841. The predicted molar refractivity (Wildman–Crippen MR) is 99.5 cm³/mol. The number of rotatable bonds is 9. The highest BCUT2D eigenvalue weighted by molar-refractivity contribution is 7.89. The number of benzene rings is 1. The number of furan rings is 1. The highest BCUT2D eigenvalue weighted by Gasteiger charge is 2.26. The molecule has 2 heterocycles. The molecule has 0 atom stereocenters. The minimum absolute atomic E-state index is 0.116. The van der Waals surface area contributed by atoms with Crippen LogP contribution in [0.15, 0.2) is 52.0 Å². The Balaban J connectivity index is 1.40. The van der Waals surface area contributed by atoms with E-state index in [0.29, 0.717) is 38.5 Å². The second-order valence-corrected chi connectivity index (χ2v) is 8.07. The topological polar surface area (TPSA) is 95.3 Å². The number of nitrogens with zero attached hydrogens (tertiary/aromatic N) is 1. The number of carbonyl (C=O) groups is 1. The van der Waals surface area contributed by atoms with Gasteiger partial charge in [0.25, 0.3) is 0 Å². The van der Waals surface area contributed by atoms with Crippen LogP contribution in [0.1, 0.15) is 12.2 Å². The van der Waals surface area contributed by atoms with E-state index < -0.39 is 10.0 Å². The lowest BCUT2D eigenvalue weighted by atomic mass is 10.2. The molecule has 0 amide bonds. The average molecular weight is 409 g/mol. The van der Waals surface area contributed by atoms with Crippen molar-refractivity contribution in [2.45, 2.75) is 17.7 Å². The fourth-order valence-electron chi connectivity index (χ4n) is 2.71. The maximum absolute atomic E-state index is 12.5. The summed E-state index contributed by atoms with van der Waals surface area (Å²) in [6.45, 7) is 1.81. The third-order valence-corrected chi connectivity index (χ3v) is 6.12. The van der Waals surface area contributed by atoms with Gasteiger partial charge in [0.2, 0.25) is 10.0 Å². The molecule has 0 unspecified atom stereocenters. The Morgan fingerprint density at radius 3 is 2.50 bits per heavy atom. The van der Waals surface area contributed by atoms with Crippen molar-refractivity contribution >= 4 is 16.0 Å². The molecule has 0 saturated carbocycles. The summed E-state index contributed by atoms with van der Waals surface area (Å²) < 4.78 is 47.4. The highest BCUT2D eigenvalue weighted by atomic mass is 32.2. The number of esters is 1. The maximum atomic E-state index is 12.5. The molecule has 152 valence electrons. The molecule has 0 aliphatic carbocycles. The Morgan fingerprint density at radius 2 is 1.82 bits per heavy atom. The lowest BCUT2D eigenvalue weighted by molar-refractivity contribution is -0.144. The average Bonchev–Trinajstić information content (AvgIpc) is 3.24. The molecule has 2 aromatic rings. The molecule has 1 saturated heterocycles. The SMILES string of the molecule is O=C(CCc1ccco1)OCCOc1ccc(S(=O)(=O)N2CCOCC2)cc1. The standard InChI is InChI=1S/C19H23NO7S/c21-19(8-5-16-2-1-11-25-16)27-15-14-26-17-3-6-18(7-4-17)28(22,23)20-9-12-24-13-10-20/h1-4,6-7,11H,5,8-10,12-15H2. The third-order valence-electron chi connectivity index (χ3n) is 4.20. The van der Waals surface area contributed by atoms with Gasteiger partial charge in [0.05, 0.1) is 30.8 Å². The molecule has 1 aliphatic heterocycles. The second kappa shape index (κ2) is 9.72. The molecule has 1 fully saturated rings. The van der Waals surface area contributed by atoms with Crippen LogP contribution in [0.5, 0.6) is 5.75 Å². The number of sulfonamides is 1. The summed E-state index contributed by atoms with van der Waals surface area (Å²) in [4.78, 5) is 11.9. The zero-order valence-electron chi connectivity index (χ0n) is 15.4. The Hall–Kier alpha value is -2.36. The van der Waals surface area contributed by atoms with Gasteiger partial charge >= 0.3 is 5.97 Å². The molecule has 1 aromatic carbocycles. The summed E-state index contributed by atoms with van der Waals surface area (Å²) in [5, 5.41) is 0. The maximum Gasteiger partial charge on any atom is 0.306 e. The minimum atomic E-state index is -3.52. The van der Waals surface area contributed by atoms with Gasteiger partial charge in [-0.15, -0.1) is 0 Å². The summed E-state index contributed by atoms with van der Waals surface area (Å²) in [6.07, 6.45) is 2.29. The van der Waals surface area contributed by atoms with Crippen LogP contribution in [0.25, 0.3) is 0 Å². The van der Waals surface area contributed by atoms with Crippen molar-refractivity contribution in [3.63, 3.8) is 0 Å². The summed E-state index contributed by atoms with van der Waals surface area (Å²) in [5.41, 5.74) is 0. The Morgan fingerprint density at radius 1 is 1.07 bits per heavy atom. The van der Waals surface area contributed by atoms with Crippen LogP contribution in [0.2, 0.25) is 0 Å². The van der Waals surface area contributed by atoms with Crippen molar-refractivity contribution in [2.75, 3.05) is 39.5 Å². The molecule has 8 nitrogen and oxygen atoms in total. The van der Waals surface area contributed by atoms with Crippen molar-refractivity contribution in [2.24, 2.45) is 0 Å². The number of hydrogen-bond donors (Lipinski definition) is 0. The molecule has 3 rings (SSSR count). The number of ether oxygens (including phenoxy) is 3. The number of hydrogen-bond acceptors (Lipinski definition) is 7. The van der Waals surface area contributed by atoms with Gasteiger partial charge in [0.1, 0.15) is 24.7 Å². The summed E-state index contributed by atoms with van der Waals surface area (Å²) in [5.74, 6) is 0.917. The first kappa shape index (κ1) is 20.4. The zero-order chi connectivity index (χ0) is 19.8. The molecule has 0 spiro atoms. The van der Waals surface area contributed by atoms with Gasteiger partial charge in [0, 0.05) is 19.5 Å². The van der Waals surface area contributed by atoms with E-state index in [0.717, 1.165) is 5.76 Å². The van der Waals surface area contributed by atoms with Gasteiger partial charge in [0.15, 0.2) is 0 Å². The molecule has 28 heavy (non-hydrogen) atoms. The van der Waals surface area contributed by atoms with E-state index in [1.165, 1.54) is 16.4 Å². The van der Waals surface area contributed by atoms with E-state index in [1.807, 2.05) is 0 Å². The van der Waals surface area contributed by atoms with Gasteiger partial charge in [-0.3, -0.25) is 4.79 Å². The minimum Gasteiger partial charge on any atom is -0.490 e. The van der Waals surface area contributed by atoms with Gasteiger partial charge < -0.3 is 18.6 Å². The van der Waals surface area contributed by atoms with Gasteiger partial charge in [-0.25, -0.2) is 8.42 Å². The van der Waals surface area contributed by atoms with Crippen molar-refractivity contribution in [1.82, 2.24) is 4.31 Å². The Kier molecular flexibility index (Phi) is 7.07. The van der Waals surface area contributed by atoms with Crippen LogP contribution in [0, 0.1) is 0 Å². The predicted octanol–water partition coefficient (Wildman–Crippen LogP) is 1.86. The first-order valence-corrected chi connectivity index (χ1v) is 10.5. The second-order valence-electron chi connectivity index (χ2n) is 6.14. The van der Waals surface area contributed by atoms with Gasteiger partial charge in [-0.2, -0.15) is 4.31 Å². The molecule has 0 N–H and O–H groups in total. The lowest BCUT2D eigenvalue weighted by Gasteiger charge is -2.26. The first-order chi connectivity index (χ1) is 13.6. The number of aryl methyl sites for hydroxylation is 1.